The lowest BCUT2D eigenvalue weighted by Crippen LogP contribution is -2.33. The van der Waals surface area contributed by atoms with E-state index in [1.807, 2.05) is 6.92 Å². The van der Waals surface area contributed by atoms with Gasteiger partial charge in [0.1, 0.15) is 5.69 Å². The zero-order valence-corrected chi connectivity index (χ0v) is 10.1. The van der Waals surface area contributed by atoms with Gasteiger partial charge in [0.2, 0.25) is 5.91 Å². The Bertz CT molecular complexity index is 462. The Labute approximate surface area is 105 Å². The van der Waals surface area contributed by atoms with Gasteiger partial charge in [-0.2, -0.15) is 0 Å². The van der Waals surface area contributed by atoms with Crippen molar-refractivity contribution in [2.24, 2.45) is 5.73 Å². The topological polar surface area (TPSA) is 115 Å². The van der Waals surface area contributed by atoms with Crippen LogP contribution in [0.5, 0.6) is 0 Å². The van der Waals surface area contributed by atoms with Gasteiger partial charge in [0.15, 0.2) is 0 Å². The number of amides is 1. The monoisotopic (exact) mass is 252 g/mol. The fraction of sp³-hybridized carbons (Fsp3) is 0.364. The van der Waals surface area contributed by atoms with Crippen molar-refractivity contribution in [3.63, 3.8) is 0 Å². The number of carbonyl (C=O) groups excluding carboxylic acids is 1. The molecule has 0 saturated heterocycles. The van der Waals surface area contributed by atoms with Crippen LogP contribution in [0.25, 0.3) is 0 Å². The third kappa shape index (κ3) is 3.70. The number of hydrogen-bond donors (Lipinski definition) is 2. The van der Waals surface area contributed by atoms with E-state index in [2.05, 4.69) is 0 Å². The number of nitrogens with zero attached hydrogens (tertiary/aromatic N) is 2. The van der Waals surface area contributed by atoms with Gasteiger partial charge in [-0.15, -0.1) is 0 Å². The van der Waals surface area contributed by atoms with E-state index in [9.17, 15) is 14.9 Å². The summed E-state index contributed by atoms with van der Waals surface area (Å²) in [4.78, 5) is 22.9. The van der Waals surface area contributed by atoms with Gasteiger partial charge in [0.25, 0.3) is 5.69 Å². The van der Waals surface area contributed by atoms with Crippen LogP contribution in [0.2, 0.25) is 0 Å². The first-order valence-corrected chi connectivity index (χ1v) is 5.47. The lowest BCUT2D eigenvalue weighted by molar-refractivity contribution is -0.384. The van der Waals surface area contributed by atoms with Gasteiger partial charge in [-0.25, -0.2) is 0 Å². The molecule has 0 aliphatic rings. The van der Waals surface area contributed by atoms with Crippen LogP contribution in [0.3, 0.4) is 0 Å². The molecule has 0 unspecified atom stereocenters. The van der Waals surface area contributed by atoms with Gasteiger partial charge in [0, 0.05) is 12.6 Å². The van der Waals surface area contributed by atoms with Crippen LogP contribution in [0.15, 0.2) is 18.2 Å². The number of likely N-dealkylation sites (N-methyl/N-ethyl adjacent to an activating group) is 1. The van der Waals surface area contributed by atoms with E-state index < -0.39 is 10.8 Å². The molecule has 0 spiro atoms. The van der Waals surface area contributed by atoms with Gasteiger partial charge >= 0.3 is 0 Å². The number of nitro benzene ring substituents is 1. The first-order chi connectivity index (χ1) is 8.43. The Morgan fingerprint density at radius 3 is 2.67 bits per heavy atom. The van der Waals surface area contributed by atoms with Gasteiger partial charge < -0.3 is 11.5 Å². The SMILES string of the molecule is CCN(CC(N)=O)Cc1ccc(N)c([N+](=O)[O-])c1. The molecule has 18 heavy (non-hydrogen) atoms. The predicted octanol–water partition coefficient (Wildman–Crippen LogP) is 0.484. The molecule has 4 N–H and O–H groups in total. The number of benzene rings is 1. The van der Waals surface area contributed by atoms with Crippen molar-refractivity contribution in [2.45, 2.75) is 13.5 Å². The summed E-state index contributed by atoms with van der Waals surface area (Å²) in [7, 11) is 0. The summed E-state index contributed by atoms with van der Waals surface area (Å²) in [5.74, 6) is -0.429. The van der Waals surface area contributed by atoms with E-state index in [0.717, 1.165) is 5.56 Å². The summed E-state index contributed by atoms with van der Waals surface area (Å²) >= 11 is 0. The maximum Gasteiger partial charge on any atom is 0.292 e. The second-order valence-electron chi connectivity index (χ2n) is 3.92. The maximum atomic E-state index is 10.8. The fourth-order valence-corrected chi connectivity index (χ4v) is 1.60. The highest BCUT2D eigenvalue weighted by Crippen LogP contribution is 2.22. The fourth-order valence-electron chi connectivity index (χ4n) is 1.60. The highest BCUT2D eigenvalue weighted by Gasteiger charge is 2.14. The van der Waals surface area contributed by atoms with Crippen LogP contribution in [0, 0.1) is 10.1 Å². The molecule has 1 amide bonds. The van der Waals surface area contributed by atoms with E-state index >= 15 is 0 Å². The summed E-state index contributed by atoms with van der Waals surface area (Å²) in [6, 6.07) is 4.61. The Morgan fingerprint density at radius 1 is 1.50 bits per heavy atom. The molecular formula is C11H16N4O3. The lowest BCUT2D eigenvalue weighted by atomic mass is 10.1. The third-order valence-electron chi connectivity index (χ3n) is 2.52. The third-order valence-corrected chi connectivity index (χ3v) is 2.52. The second-order valence-corrected chi connectivity index (χ2v) is 3.92. The molecule has 0 aromatic heterocycles. The van der Waals surface area contributed by atoms with Crippen molar-refractivity contribution >= 4 is 17.3 Å². The van der Waals surface area contributed by atoms with Crippen LogP contribution < -0.4 is 11.5 Å². The Kier molecular flexibility index (Phi) is 4.61. The number of nitrogens with two attached hydrogens (primary N) is 2. The molecule has 0 heterocycles. The van der Waals surface area contributed by atoms with Crippen LogP contribution >= 0.6 is 0 Å². The summed E-state index contributed by atoms with van der Waals surface area (Å²) in [6.07, 6.45) is 0. The summed E-state index contributed by atoms with van der Waals surface area (Å²) in [5.41, 5.74) is 11.3. The molecule has 0 saturated carbocycles. The van der Waals surface area contributed by atoms with E-state index in [1.165, 1.54) is 12.1 Å². The highest BCUT2D eigenvalue weighted by atomic mass is 16.6. The molecule has 1 aromatic carbocycles. The minimum Gasteiger partial charge on any atom is -0.393 e. The van der Waals surface area contributed by atoms with Crippen LogP contribution in [-0.4, -0.2) is 28.8 Å². The van der Waals surface area contributed by atoms with E-state index in [-0.39, 0.29) is 17.9 Å². The number of nitro groups is 1. The first kappa shape index (κ1) is 13.9. The quantitative estimate of drug-likeness (QED) is 0.434. The maximum absolute atomic E-state index is 10.8. The Hall–Kier alpha value is -2.15. The van der Waals surface area contributed by atoms with Crippen molar-refractivity contribution < 1.29 is 9.72 Å². The smallest absolute Gasteiger partial charge is 0.292 e. The standard InChI is InChI=1S/C11H16N4O3/c1-2-14(7-11(13)16)6-8-3-4-9(12)10(5-8)15(17)18/h3-5H,2,6-7,12H2,1H3,(H2,13,16). The molecule has 7 nitrogen and oxygen atoms in total. The predicted molar refractivity (Wildman–Crippen MR) is 67.7 cm³/mol. The van der Waals surface area contributed by atoms with Gasteiger partial charge in [0.05, 0.1) is 11.5 Å². The van der Waals surface area contributed by atoms with Crippen molar-refractivity contribution in [1.29, 1.82) is 0 Å². The molecule has 0 radical (unpaired) electrons. The average Bonchev–Trinajstić information content (AvgIpc) is 2.29. The Morgan fingerprint density at radius 2 is 2.17 bits per heavy atom. The Balaban J connectivity index is 2.87. The average molecular weight is 252 g/mol. The first-order valence-electron chi connectivity index (χ1n) is 5.47. The van der Waals surface area contributed by atoms with E-state index in [4.69, 9.17) is 11.5 Å². The molecule has 0 bridgehead atoms. The largest absolute Gasteiger partial charge is 0.393 e. The van der Waals surface area contributed by atoms with Crippen LogP contribution in [0.4, 0.5) is 11.4 Å². The van der Waals surface area contributed by atoms with Crippen molar-refractivity contribution in [1.82, 2.24) is 4.90 Å². The van der Waals surface area contributed by atoms with Crippen molar-refractivity contribution in [2.75, 3.05) is 18.8 Å². The van der Waals surface area contributed by atoms with Gasteiger partial charge in [-0.1, -0.05) is 13.0 Å². The number of carbonyl (C=O) groups is 1. The minimum atomic E-state index is -0.525. The van der Waals surface area contributed by atoms with E-state index in [0.29, 0.717) is 13.1 Å². The normalized spacial score (nSPS) is 10.6. The molecule has 7 heteroatoms. The molecular weight excluding hydrogens is 236 g/mol. The molecule has 0 atom stereocenters. The number of hydrogen-bond acceptors (Lipinski definition) is 5. The zero-order chi connectivity index (χ0) is 13.7. The zero-order valence-electron chi connectivity index (χ0n) is 10.1. The molecule has 0 fully saturated rings. The van der Waals surface area contributed by atoms with Gasteiger partial charge in [-0.3, -0.25) is 19.8 Å². The number of anilines is 1. The molecule has 1 rings (SSSR count). The van der Waals surface area contributed by atoms with Crippen LogP contribution in [0.1, 0.15) is 12.5 Å². The van der Waals surface area contributed by atoms with Crippen molar-refractivity contribution in [3.8, 4) is 0 Å². The van der Waals surface area contributed by atoms with Crippen LogP contribution in [-0.2, 0) is 11.3 Å². The lowest BCUT2D eigenvalue weighted by Gasteiger charge is -2.18. The highest BCUT2D eigenvalue weighted by molar-refractivity contribution is 5.75. The molecule has 0 aliphatic heterocycles. The summed E-state index contributed by atoms with van der Waals surface area (Å²) < 4.78 is 0. The second kappa shape index (κ2) is 5.97. The number of rotatable bonds is 6. The molecule has 0 aliphatic carbocycles. The molecule has 1 aromatic rings. The number of nitrogen functional groups attached to an aromatic ring is 1. The van der Waals surface area contributed by atoms with E-state index in [1.54, 1.807) is 11.0 Å². The van der Waals surface area contributed by atoms with Gasteiger partial charge in [-0.05, 0) is 18.2 Å². The minimum absolute atomic E-state index is 0.120. The number of primary amides is 1. The summed E-state index contributed by atoms with van der Waals surface area (Å²) in [6.45, 7) is 3.05. The molecule has 98 valence electrons. The summed E-state index contributed by atoms with van der Waals surface area (Å²) in [5, 5.41) is 10.7. The van der Waals surface area contributed by atoms with Crippen molar-refractivity contribution in [3.05, 3.63) is 33.9 Å².